The SMILES string of the molecule is Br.Cl.NO. The predicted molar refractivity (Wildman–Crippen MR) is 23.5 cm³/mol. The Hall–Kier alpha value is 0.690. The van der Waals surface area contributed by atoms with Gasteiger partial charge in [-0.3, -0.25) is 0 Å². The second kappa shape index (κ2) is 56.1. The van der Waals surface area contributed by atoms with E-state index in [4.69, 9.17) is 5.21 Å². The Balaban J connectivity index is -0.00000000500. The van der Waals surface area contributed by atoms with Crippen molar-refractivity contribution in [3.05, 3.63) is 0 Å². The van der Waals surface area contributed by atoms with Crippen molar-refractivity contribution in [2.24, 2.45) is 5.90 Å². The summed E-state index contributed by atoms with van der Waals surface area (Å²) in [6, 6.07) is 0. The molecule has 0 aromatic rings. The molecule has 0 rings (SSSR count). The Labute approximate surface area is 41.1 Å². The van der Waals surface area contributed by atoms with Crippen LogP contribution < -0.4 is 5.90 Å². The van der Waals surface area contributed by atoms with Gasteiger partial charge < -0.3 is 5.21 Å². The van der Waals surface area contributed by atoms with Crippen molar-refractivity contribution in [1.29, 1.82) is 0 Å². The molecule has 0 amide bonds. The fourth-order valence-electron chi connectivity index (χ4n) is 0. The lowest BCUT2D eigenvalue weighted by Gasteiger charge is -1.27. The van der Waals surface area contributed by atoms with E-state index in [9.17, 15) is 0 Å². The molecule has 0 aromatic heterocycles. The van der Waals surface area contributed by atoms with Gasteiger partial charge in [0.25, 0.3) is 0 Å². The Morgan fingerprint density at radius 1 is 1.25 bits per heavy atom. The third-order valence-electron chi connectivity index (χ3n) is 0. The quantitative estimate of drug-likeness (QED) is 0.489. The molecule has 0 saturated carbocycles. The van der Waals surface area contributed by atoms with E-state index >= 15 is 0 Å². The zero-order chi connectivity index (χ0) is 2.00. The molecule has 4 heteroatoms. The van der Waals surface area contributed by atoms with Gasteiger partial charge in [-0.2, -0.15) is 0 Å². The summed E-state index contributed by atoms with van der Waals surface area (Å²) in [4.78, 5) is 0. The fourth-order valence-corrected chi connectivity index (χ4v) is 0. The molecular formula is H5BrClNO. The summed E-state index contributed by atoms with van der Waals surface area (Å²) in [7, 11) is 0. The van der Waals surface area contributed by atoms with Gasteiger partial charge in [-0.1, -0.05) is 0 Å². The molecule has 0 heterocycles. The molecule has 0 atom stereocenters. The molecule has 0 spiro atoms. The molecule has 0 aromatic carbocycles. The average Bonchev–Trinajstić information content (AvgIpc) is 1.00. The minimum absolute atomic E-state index is 0. The molecule has 0 bridgehead atoms. The number of hydrogen-bond acceptors (Lipinski definition) is 2. The minimum Gasteiger partial charge on any atom is -0.320 e. The van der Waals surface area contributed by atoms with E-state index in [1.807, 2.05) is 0 Å². The molecule has 0 unspecified atom stereocenters. The highest BCUT2D eigenvalue weighted by Crippen LogP contribution is 0.846. The summed E-state index contributed by atoms with van der Waals surface area (Å²) in [5, 5.41) is 6.50. The molecule has 30 valence electrons. The lowest BCUT2D eigenvalue weighted by atomic mass is 13.6. The molecule has 0 aliphatic heterocycles. The number of halogens is 2. The van der Waals surface area contributed by atoms with E-state index in [2.05, 4.69) is 5.90 Å². The van der Waals surface area contributed by atoms with Gasteiger partial charge >= 0.3 is 0 Å². The van der Waals surface area contributed by atoms with Gasteiger partial charge in [-0.05, 0) is 0 Å². The highest BCUT2D eigenvalue weighted by atomic mass is 79.9. The lowest BCUT2D eigenvalue weighted by molar-refractivity contribution is 0.311. The molecule has 4 heavy (non-hydrogen) atoms. The van der Waals surface area contributed by atoms with E-state index in [-0.39, 0.29) is 29.4 Å². The third-order valence-corrected chi connectivity index (χ3v) is 0. The summed E-state index contributed by atoms with van der Waals surface area (Å²) in [5.74, 6) is 3.50. The van der Waals surface area contributed by atoms with Gasteiger partial charge in [-0.15, -0.1) is 29.4 Å². The Morgan fingerprint density at radius 2 is 1.25 bits per heavy atom. The van der Waals surface area contributed by atoms with Crippen LogP contribution in [0.1, 0.15) is 0 Å². The van der Waals surface area contributed by atoms with Crippen molar-refractivity contribution in [2.45, 2.75) is 0 Å². The molecule has 0 aliphatic rings. The van der Waals surface area contributed by atoms with Crippen LogP contribution in [0.25, 0.3) is 0 Å². The van der Waals surface area contributed by atoms with Crippen LogP contribution >= 0.6 is 29.4 Å². The van der Waals surface area contributed by atoms with Crippen LogP contribution in [-0.4, -0.2) is 5.21 Å². The van der Waals surface area contributed by atoms with E-state index in [0.717, 1.165) is 0 Å². The summed E-state index contributed by atoms with van der Waals surface area (Å²) < 4.78 is 0. The van der Waals surface area contributed by atoms with Gasteiger partial charge in [-0.25, -0.2) is 5.90 Å². The van der Waals surface area contributed by atoms with Crippen LogP contribution in [0.2, 0.25) is 0 Å². The summed E-state index contributed by atoms with van der Waals surface area (Å²) >= 11 is 0. The van der Waals surface area contributed by atoms with Gasteiger partial charge in [0, 0.05) is 0 Å². The highest BCUT2D eigenvalue weighted by molar-refractivity contribution is 8.93. The van der Waals surface area contributed by atoms with Crippen molar-refractivity contribution in [1.82, 2.24) is 0 Å². The maximum absolute atomic E-state index is 6.50. The highest BCUT2D eigenvalue weighted by Gasteiger charge is 0.732. The smallest absolute Gasteiger partial charge is 0.114 e. The molecule has 0 saturated heterocycles. The number of nitrogens with two attached hydrogens (primary N) is 1. The molecule has 3 N–H and O–H groups in total. The first-order chi connectivity index (χ1) is 1.00. The van der Waals surface area contributed by atoms with Crippen LogP contribution in [0.4, 0.5) is 0 Å². The minimum atomic E-state index is 0. The van der Waals surface area contributed by atoms with E-state index in [0.29, 0.717) is 0 Å². The Morgan fingerprint density at radius 3 is 1.25 bits per heavy atom. The second-order valence-electron chi connectivity index (χ2n) is 0. The largest absolute Gasteiger partial charge is 0.320 e. The van der Waals surface area contributed by atoms with Crippen molar-refractivity contribution >= 4 is 29.4 Å². The lowest BCUT2D eigenvalue weighted by Crippen LogP contribution is -1.72. The van der Waals surface area contributed by atoms with Crippen molar-refractivity contribution in [2.75, 3.05) is 0 Å². The van der Waals surface area contributed by atoms with Crippen molar-refractivity contribution < 1.29 is 5.21 Å². The van der Waals surface area contributed by atoms with E-state index in [1.54, 1.807) is 0 Å². The Bertz CT molecular complexity index is 8.00. The predicted octanol–water partition coefficient (Wildman–Crippen LogP) is 0.334. The molecule has 0 aliphatic carbocycles. The van der Waals surface area contributed by atoms with Crippen LogP contribution in [0.3, 0.4) is 0 Å². The zero-order valence-electron chi connectivity index (χ0n) is 1.84. The summed E-state index contributed by atoms with van der Waals surface area (Å²) in [5.41, 5.74) is 0. The first-order valence-corrected chi connectivity index (χ1v) is 0.258. The van der Waals surface area contributed by atoms with Crippen LogP contribution in [0.15, 0.2) is 0 Å². The Kier molecular flexibility index (Phi) is 313. The second-order valence-corrected chi connectivity index (χ2v) is 0. The standard InChI is InChI=1S/BrH.ClH.H3NO/c;;1-2/h2*1H;2H,1H2. The van der Waals surface area contributed by atoms with Gasteiger partial charge in [0.05, 0.1) is 0 Å². The molecule has 0 fully saturated rings. The number of rotatable bonds is 0. The monoisotopic (exact) mass is 149 g/mol. The maximum Gasteiger partial charge on any atom is -0.114 e. The van der Waals surface area contributed by atoms with Crippen LogP contribution in [-0.2, 0) is 0 Å². The topological polar surface area (TPSA) is 46.2 Å². The fraction of sp³-hybridized carbons (Fsp3) is 0. The summed E-state index contributed by atoms with van der Waals surface area (Å²) in [6.45, 7) is 0. The van der Waals surface area contributed by atoms with Crippen LogP contribution in [0.5, 0.6) is 0 Å². The summed E-state index contributed by atoms with van der Waals surface area (Å²) in [6.07, 6.45) is 0. The molecule has 0 radical (unpaired) electrons. The maximum atomic E-state index is 6.50. The van der Waals surface area contributed by atoms with Crippen LogP contribution in [0, 0.1) is 0 Å². The average molecular weight is 150 g/mol. The zero-order valence-corrected chi connectivity index (χ0v) is 4.37. The van der Waals surface area contributed by atoms with E-state index < -0.39 is 0 Å². The molecular weight excluding hydrogens is 145 g/mol. The van der Waals surface area contributed by atoms with Crippen molar-refractivity contribution in [3.8, 4) is 0 Å². The third kappa shape index (κ3) is 16.1. The van der Waals surface area contributed by atoms with E-state index in [1.165, 1.54) is 0 Å². The van der Waals surface area contributed by atoms with Gasteiger partial charge in [0.2, 0.25) is 0 Å². The van der Waals surface area contributed by atoms with Crippen molar-refractivity contribution in [3.63, 3.8) is 0 Å². The van der Waals surface area contributed by atoms with Gasteiger partial charge in [0.15, 0.2) is 0 Å². The number of hydrogen-bond donors (Lipinski definition) is 2. The normalized spacial score (nSPS) is 1.50. The molecule has 2 nitrogen and oxygen atoms in total. The first-order valence-electron chi connectivity index (χ1n) is 0.258. The van der Waals surface area contributed by atoms with Gasteiger partial charge in [0.1, 0.15) is 0 Å². The first kappa shape index (κ1) is 22.4.